The second kappa shape index (κ2) is 28.1. The van der Waals surface area contributed by atoms with Crippen LogP contribution in [0.3, 0.4) is 0 Å². The number of benzene rings is 5. The molecule has 0 aliphatic heterocycles. The summed E-state index contributed by atoms with van der Waals surface area (Å²) in [5, 5.41) is 4.80. The van der Waals surface area contributed by atoms with Gasteiger partial charge in [-0.05, 0) is 110 Å². The fourth-order valence-electron chi connectivity index (χ4n) is 5.57. The molecule has 0 heterocycles. The van der Waals surface area contributed by atoms with Crippen LogP contribution in [0, 0.1) is 13.8 Å². The van der Waals surface area contributed by atoms with Crippen molar-refractivity contribution in [2.24, 2.45) is 0 Å². The van der Waals surface area contributed by atoms with Gasteiger partial charge in [0.15, 0.2) is 0 Å². The molecule has 0 nitrogen and oxygen atoms in total. The van der Waals surface area contributed by atoms with Gasteiger partial charge in [-0.1, -0.05) is 206 Å². The van der Waals surface area contributed by atoms with Crippen LogP contribution >= 0.6 is 0 Å². The molecule has 0 unspecified atom stereocenters. The molecule has 0 radical (unpaired) electrons. The monoisotopic (exact) mass is 683 g/mol. The number of hydrogen-bond acceptors (Lipinski definition) is 0. The molecular formula is C51H70. The van der Waals surface area contributed by atoms with Crippen LogP contribution < -0.4 is 0 Å². The molecule has 0 N–H and O–H groups in total. The van der Waals surface area contributed by atoms with E-state index in [4.69, 9.17) is 0 Å². The fourth-order valence-corrected chi connectivity index (χ4v) is 5.57. The third-order valence-electron chi connectivity index (χ3n) is 7.65. The maximum atomic E-state index is 4.11. The van der Waals surface area contributed by atoms with Crippen molar-refractivity contribution in [2.45, 2.75) is 104 Å². The van der Waals surface area contributed by atoms with E-state index in [0.717, 1.165) is 22.3 Å². The van der Waals surface area contributed by atoms with Gasteiger partial charge in [-0.25, -0.2) is 0 Å². The van der Waals surface area contributed by atoms with Crippen LogP contribution in [0.15, 0.2) is 123 Å². The molecule has 5 rings (SSSR count). The van der Waals surface area contributed by atoms with Crippen LogP contribution in [-0.4, -0.2) is 0 Å². The van der Waals surface area contributed by atoms with Gasteiger partial charge in [0.1, 0.15) is 0 Å². The number of allylic oxidation sites excluding steroid dienone is 5. The first-order valence-corrected chi connectivity index (χ1v) is 19.4. The number of fused-ring (bicyclic) bond motifs is 3. The Labute approximate surface area is 315 Å². The third-order valence-corrected chi connectivity index (χ3v) is 7.65. The summed E-state index contributed by atoms with van der Waals surface area (Å²) < 4.78 is 0. The van der Waals surface area contributed by atoms with Crippen molar-refractivity contribution in [3.8, 4) is 11.1 Å². The minimum absolute atomic E-state index is 1.12. The minimum atomic E-state index is 1.12. The molecule has 51 heavy (non-hydrogen) atoms. The van der Waals surface area contributed by atoms with Gasteiger partial charge in [-0.2, -0.15) is 0 Å². The average Bonchev–Trinajstić information content (AvgIpc) is 3.22. The molecule has 0 aliphatic carbocycles. The standard InChI is InChI=1S/C39H34.6C2H6/c1-7-14-30(23-28(6)29-20-19-27(5)38(24-29)34-16-11-10-15-26(34)4)31-21-22-37-33(9-3)32(8-2)35-17-12-13-18-36(35)39(37)25-31;6*1-2/h7-25H,1-3H2,4-6H3;6*1-2H3/b28-23+,30-14+;;;;;;. The molecule has 0 saturated heterocycles. The average molecular weight is 683 g/mol. The highest BCUT2D eigenvalue weighted by Crippen LogP contribution is 2.37. The van der Waals surface area contributed by atoms with E-state index in [0.29, 0.717) is 0 Å². The molecule has 0 aromatic heterocycles. The largest absolute Gasteiger partial charge is 0.0990 e. The van der Waals surface area contributed by atoms with E-state index in [2.05, 4.69) is 138 Å². The third kappa shape index (κ3) is 12.6. The van der Waals surface area contributed by atoms with Crippen molar-refractivity contribution in [1.29, 1.82) is 0 Å². The molecule has 0 spiro atoms. The summed E-state index contributed by atoms with van der Waals surface area (Å²) >= 11 is 0. The maximum absolute atomic E-state index is 4.11. The van der Waals surface area contributed by atoms with Crippen LogP contribution in [0.2, 0.25) is 0 Å². The molecule has 0 aliphatic rings. The topological polar surface area (TPSA) is 0 Å². The smallest absolute Gasteiger partial charge is 0.00928 e. The lowest BCUT2D eigenvalue weighted by atomic mass is 9.89. The van der Waals surface area contributed by atoms with Gasteiger partial charge < -0.3 is 0 Å². The van der Waals surface area contributed by atoms with Gasteiger partial charge in [0.2, 0.25) is 0 Å². The summed E-state index contributed by atoms with van der Waals surface area (Å²) in [7, 11) is 0. The van der Waals surface area contributed by atoms with Gasteiger partial charge >= 0.3 is 0 Å². The predicted octanol–water partition coefficient (Wildman–Crippen LogP) is 17.4. The summed E-state index contributed by atoms with van der Waals surface area (Å²) in [5.41, 5.74) is 12.1. The van der Waals surface area contributed by atoms with Crippen molar-refractivity contribution in [1.82, 2.24) is 0 Å². The Balaban J connectivity index is 0. The summed E-state index contributed by atoms with van der Waals surface area (Å²) in [6.07, 6.45) is 10.1. The molecule has 274 valence electrons. The van der Waals surface area contributed by atoms with E-state index in [-0.39, 0.29) is 0 Å². The molecular weight excluding hydrogens is 613 g/mol. The summed E-state index contributed by atoms with van der Waals surface area (Å²) in [4.78, 5) is 0. The Kier molecular flexibility index (Phi) is 26.7. The quantitative estimate of drug-likeness (QED) is 0.118. The molecule has 0 bridgehead atoms. The van der Waals surface area contributed by atoms with Crippen molar-refractivity contribution in [3.05, 3.63) is 156 Å². The van der Waals surface area contributed by atoms with Gasteiger partial charge in [-0.3, -0.25) is 0 Å². The Morgan fingerprint density at radius 3 is 1.47 bits per heavy atom. The first-order chi connectivity index (χ1) is 25.0. The van der Waals surface area contributed by atoms with E-state index in [1.807, 2.05) is 101 Å². The molecule has 0 heteroatoms. The predicted molar refractivity (Wildman–Crippen MR) is 243 cm³/mol. The van der Waals surface area contributed by atoms with Crippen LogP contribution in [-0.2, 0) is 0 Å². The molecule has 5 aromatic rings. The zero-order chi connectivity index (χ0) is 39.5. The zero-order valence-corrected chi connectivity index (χ0v) is 35.1. The first kappa shape index (κ1) is 48.4. The SMILES string of the molecule is C=C/C=C(\C=C(/C)c1ccc(C)c(-c2ccccc2C)c1)c1ccc2c(C=C)c(C=C)c3ccccc3c2c1.CC.CC.CC.CC.CC.CC. The van der Waals surface area contributed by atoms with E-state index in [1.54, 1.807) is 0 Å². The minimum Gasteiger partial charge on any atom is -0.0990 e. The molecule has 5 aromatic carbocycles. The van der Waals surface area contributed by atoms with Crippen molar-refractivity contribution in [3.63, 3.8) is 0 Å². The normalized spacial score (nSPS) is 9.94. The Hall–Kier alpha value is -4.68. The number of hydrogen-bond donors (Lipinski definition) is 0. The highest BCUT2D eigenvalue weighted by Gasteiger charge is 2.13. The van der Waals surface area contributed by atoms with Crippen molar-refractivity contribution in [2.75, 3.05) is 0 Å². The van der Waals surface area contributed by atoms with Gasteiger partial charge in [0.25, 0.3) is 0 Å². The lowest BCUT2D eigenvalue weighted by Gasteiger charge is -2.15. The molecule has 0 atom stereocenters. The lowest BCUT2D eigenvalue weighted by Crippen LogP contribution is -1.92. The van der Waals surface area contributed by atoms with E-state index in [1.165, 1.54) is 54.9 Å². The molecule has 0 amide bonds. The second-order valence-corrected chi connectivity index (χ2v) is 10.1. The highest BCUT2D eigenvalue weighted by atomic mass is 14.2. The van der Waals surface area contributed by atoms with Gasteiger partial charge in [0, 0.05) is 0 Å². The summed E-state index contributed by atoms with van der Waals surface area (Å²) in [6, 6.07) is 30.6. The van der Waals surface area contributed by atoms with Gasteiger partial charge in [0.05, 0.1) is 0 Å². The maximum Gasteiger partial charge on any atom is -0.00928 e. The van der Waals surface area contributed by atoms with Crippen LogP contribution in [0.4, 0.5) is 0 Å². The Bertz CT molecular complexity index is 1820. The Morgan fingerprint density at radius 1 is 0.471 bits per heavy atom. The first-order valence-electron chi connectivity index (χ1n) is 19.4. The number of rotatable bonds is 7. The highest BCUT2D eigenvalue weighted by molar-refractivity contribution is 6.15. The van der Waals surface area contributed by atoms with E-state index in [9.17, 15) is 0 Å². The van der Waals surface area contributed by atoms with Gasteiger partial charge in [-0.15, -0.1) is 0 Å². The van der Waals surface area contributed by atoms with Crippen LogP contribution in [0.25, 0.3) is 56.0 Å². The van der Waals surface area contributed by atoms with E-state index >= 15 is 0 Å². The zero-order valence-electron chi connectivity index (χ0n) is 35.1. The van der Waals surface area contributed by atoms with E-state index < -0.39 is 0 Å². The number of aryl methyl sites for hydroxylation is 2. The molecule has 0 fully saturated rings. The Morgan fingerprint density at radius 2 is 0.941 bits per heavy atom. The van der Waals surface area contributed by atoms with Crippen molar-refractivity contribution < 1.29 is 0 Å². The summed E-state index contributed by atoms with van der Waals surface area (Å²) in [6.45, 7) is 42.8. The van der Waals surface area contributed by atoms with Crippen molar-refractivity contribution >= 4 is 44.8 Å². The van der Waals surface area contributed by atoms with Crippen LogP contribution in [0.5, 0.6) is 0 Å². The van der Waals surface area contributed by atoms with Crippen LogP contribution in [0.1, 0.15) is 123 Å². The second-order valence-electron chi connectivity index (χ2n) is 10.1. The summed E-state index contributed by atoms with van der Waals surface area (Å²) in [5.74, 6) is 0. The lowest BCUT2D eigenvalue weighted by molar-refractivity contribution is 1.39. The molecule has 0 saturated carbocycles. The fraction of sp³-hybridized carbons (Fsp3) is 0.294.